The SMILES string of the molecule is CCN(C(=O)c1ccc(F)c(N)c1)C(C)CN(C)C. The largest absolute Gasteiger partial charge is 0.396 e. The quantitative estimate of drug-likeness (QED) is 0.828. The van der Waals surface area contributed by atoms with Crippen LogP contribution in [-0.2, 0) is 0 Å². The van der Waals surface area contributed by atoms with Crippen molar-refractivity contribution in [3.63, 3.8) is 0 Å². The average Bonchev–Trinajstić information content (AvgIpc) is 2.32. The van der Waals surface area contributed by atoms with Gasteiger partial charge in [0.25, 0.3) is 5.91 Å². The molecule has 0 bridgehead atoms. The van der Waals surface area contributed by atoms with Crippen molar-refractivity contribution in [2.45, 2.75) is 19.9 Å². The minimum Gasteiger partial charge on any atom is -0.396 e. The van der Waals surface area contributed by atoms with Crippen LogP contribution in [0.25, 0.3) is 0 Å². The number of rotatable bonds is 5. The fourth-order valence-corrected chi connectivity index (χ4v) is 2.13. The molecule has 19 heavy (non-hydrogen) atoms. The van der Waals surface area contributed by atoms with Gasteiger partial charge in [0, 0.05) is 24.7 Å². The minimum absolute atomic E-state index is 0.00201. The van der Waals surface area contributed by atoms with Crippen LogP contribution in [0.4, 0.5) is 10.1 Å². The van der Waals surface area contributed by atoms with Gasteiger partial charge in [-0.15, -0.1) is 0 Å². The summed E-state index contributed by atoms with van der Waals surface area (Å²) in [6.45, 7) is 5.30. The molecule has 0 heterocycles. The van der Waals surface area contributed by atoms with Gasteiger partial charge < -0.3 is 15.5 Å². The summed E-state index contributed by atoms with van der Waals surface area (Å²) in [6.07, 6.45) is 0. The number of nitrogens with two attached hydrogens (primary N) is 1. The molecule has 0 saturated carbocycles. The van der Waals surface area contributed by atoms with E-state index < -0.39 is 5.82 Å². The summed E-state index contributed by atoms with van der Waals surface area (Å²) >= 11 is 0. The Kier molecular flexibility index (Phi) is 5.30. The number of benzene rings is 1. The van der Waals surface area contributed by atoms with Gasteiger partial charge in [-0.1, -0.05) is 0 Å². The van der Waals surface area contributed by atoms with Gasteiger partial charge in [-0.25, -0.2) is 4.39 Å². The van der Waals surface area contributed by atoms with Crippen LogP contribution in [0.15, 0.2) is 18.2 Å². The fourth-order valence-electron chi connectivity index (χ4n) is 2.13. The predicted molar refractivity (Wildman–Crippen MR) is 75.5 cm³/mol. The van der Waals surface area contributed by atoms with Crippen LogP contribution < -0.4 is 5.73 Å². The van der Waals surface area contributed by atoms with E-state index >= 15 is 0 Å². The molecule has 0 saturated heterocycles. The molecule has 0 aliphatic rings. The summed E-state index contributed by atoms with van der Waals surface area (Å²) in [6, 6.07) is 4.17. The second kappa shape index (κ2) is 6.52. The lowest BCUT2D eigenvalue weighted by Crippen LogP contribution is -2.43. The number of nitrogens with zero attached hydrogens (tertiary/aromatic N) is 2. The second-order valence-corrected chi connectivity index (χ2v) is 4.94. The fraction of sp³-hybridized carbons (Fsp3) is 0.500. The van der Waals surface area contributed by atoms with Gasteiger partial charge in [0.05, 0.1) is 5.69 Å². The molecule has 0 fully saturated rings. The normalized spacial score (nSPS) is 12.5. The molecule has 0 aliphatic carbocycles. The molecular formula is C14H22FN3O. The Morgan fingerprint density at radius 1 is 1.42 bits per heavy atom. The highest BCUT2D eigenvalue weighted by Gasteiger charge is 2.20. The molecule has 1 unspecified atom stereocenters. The molecule has 0 radical (unpaired) electrons. The number of halogens is 1. The van der Waals surface area contributed by atoms with E-state index in [1.165, 1.54) is 18.2 Å². The van der Waals surface area contributed by atoms with E-state index in [0.29, 0.717) is 12.1 Å². The smallest absolute Gasteiger partial charge is 0.254 e. The standard InChI is InChI=1S/C14H22FN3O/c1-5-18(10(2)9-17(3)4)14(19)11-6-7-12(15)13(16)8-11/h6-8,10H,5,9,16H2,1-4H3. The van der Waals surface area contributed by atoms with Crippen molar-refractivity contribution in [3.8, 4) is 0 Å². The zero-order valence-corrected chi connectivity index (χ0v) is 12.0. The van der Waals surface area contributed by atoms with Crippen molar-refractivity contribution in [1.82, 2.24) is 9.80 Å². The minimum atomic E-state index is -0.499. The molecule has 0 spiro atoms. The summed E-state index contributed by atoms with van der Waals surface area (Å²) in [7, 11) is 3.93. The van der Waals surface area contributed by atoms with Gasteiger partial charge in [-0.3, -0.25) is 4.79 Å². The molecule has 106 valence electrons. The van der Waals surface area contributed by atoms with Crippen molar-refractivity contribution >= 4 is 11.6 Å². The molecule has 1 aromatic rings. The van der Waals surface area contributed by atoms with E-state index in [-0.39, 0.29) is 17.6 Å². The molecular weight excluding hydrogens is 245 g/mol. The van der Waals surface area contributed by atoms with Gasteiger partial charge in [0.15, 0.2) is 0 Å². The first-order valence-corrected chi connectivity index (χ1v) is 6.37. The summed E-state index contributed by atoms with van der Waals surface area (Å²) in [5.41, 5.74) is 5.93. The Labute approximate surface area is 114 Å². The Balaban J connectivity index is 2.91. The molecule has 1 amide bonds. The third kappa shape index (κ3) is 3.92. The number of hydrogen-bond acceptors (Lipinski definition) is 3. The van der Waals surface area contributed by atoms with Crippen LogP contribution in [0.3, 0.4) is 0 Å². The summed E-state index contributed by atoms with van der Waals surface area (Å²) in [5.74, 6) is -0.621. The summed E-state index contributed by atoms with van der Waals surface area (Å²) < 4.78 is 13.1. The van der Waals surface area contributed by atoms with Crippen LogP contribution >= 0.6 is 0 Å². The zero-order chi connectivity index (χ0) is 14.6. The van der Waals surface area contributed by atoms with E-state index in [0.717, 1.165) is 6.54 Å². The van der Waals surface area contributed by atoms with Crippen LogP contribution in [0.5, 0.6) is 0 Å². The Morgan fingerprint density at radius 2 is 2.05 bits per heavy atom. The highest BCUT2D eigenvalue weighted by atomic mass is 19.1. The van der Waals surface area contributed by atoms with Gasteiger partial charge >= 0.3 is 0 Å². The highest BCUT2D eigenvalue weighted by Crippen LogP contribution is 2.15. The maximum Gasteiger partial charge on any atom is 0.254 e. The number of likely N-dealkylation sites (N-methyl/N-ethyl adjacent to an activating group) is 2. The Hall–Kier alpha value is -1.62. The molecule has 0 aliphatic heterocycles. The lowest BCUT2D eigenvalue weighted by molar-refractivity contribution is 0.0679. The third-order valence-corrected chi connectivity index (χ3v) is 3.01. The van der Waals surface area contributed by atoms with Crippen molar-refractivity contribution in [2.75, 3.05) is 32.9 Å². The van der Waals surface area contributed by atoms with Crippen molar-refractivity contribution in [2.24, 2.45) is 0 Å². The van der Waals surface area contributed by atoms with Crippen LogP contribution in [0, 0.1) is 5.82 Å². The van der Waals surface area contributed by atoms with Crippen LogP contribution in [0.1, 0.15) is 24.2 Å². The first-order valence-electron chi connectivity index (χ1n) is 6.37. The predicted octanol–water partition coefficient (Wildman–Crippen LogP) is 1.82. The van der Waals surface area contributed by atoms with Crippen LogP contribution in [-0.4, -0.2) is 48.9 Å². The van der Waals surface area contributed by atoms with Gasteiger partial charge in [-0.2, -0.15) is 0 Å². The monoisotopic (exact) mass is 267 g/mol. The third-order valence-electron chi connectivity index (χ3n) is 3.01. The molecule has 5 heteroatoms. The number of amides is 1. The number of anilines is 1. The Bertz CT molecular complexity index is 448. The second-order valence-electron chi connectivity index (χ2n) is 4.94. The summed E-state index contributed by atoms with van der Waals surface area (Å²) in [5, 5.41) is 0. The highest BCUT2D eigenvalue weighted by molar-refractivity contribution is 5.95. The Morgan fingerprint density at radius 3 is 2.53 bits per heavy atom. The molecule has 4 nitrogen and oxygen atoms in total. The van der Waals surface area contributed by atoms with Crippen molar-refractivity contribution in [1.29, 1.82) is 0 Å². The molecule has 1 aromatic carbocycles. The van der Waals surface area contributed by atoms with E-state index in [1.54, 1.807) is 4.90 Å². The van der Waals surface area contributed by atoms with Crippen molar-refractivity contribution < 1.29 is 9.18 Å². The zero-order valence-electron chi connectivity index (χ0n) is 12.0. The van der Waals surface area contributed by atoms with E-state index in [2.05, 4.69) is 0 Å². The van der Waals surface area contributed by atoms with Gasteiger partial charge in [0.2, 0.25) is 0 Å². The number of nitrogen functional groups attached to an aromatic ring is 1. The maximum absolute atomic E-state index is 13.1. The van der Waals surface area contributed by atoms with E-state index in [1.807, 2.05) is 32.8 Å². The van der Waals surface area contributed by atoms with Crippen LogP contribution in [0.2, 0.25) is 0 Å². The molecule has 1 atom stereocenters. The molecule has 1 rings (SSSR count). The lowest BCUT2D eigenvalue weighted by atomic mass is 10.1. The average molecular weight is 267 g/mol. The number of hydrogen-bond donors (Lipinski definition) is 1. The van der Waals surface area contributed by atoms with E-state index in [4.69, 9.17) is 5.73 Å². The summed E-state index contributed by atoms with van der Waals surface area (Å²) in [4.78, 5) is 16.2. The van der Waals surface area contributed by atoms with Crippen molar-refractivity contribution in [3.05, 3.63) is 29.6 Å². The first-order chi connectivity index (χ1) is 8.86. The first kappa shape index (κ1) is 15.4. The molecule has 2 N–H and O–H groups in total. The van der Waals surface area contributed by atoms with E-state index in [9.17, 15) is 9.18 Å². The van der Waals surface area contributed by atoms with Gasteiger partial charge in [-0.05, 0) is 46.1 Å². The van der Waals surface area contributed by atoms with Gasteiger partial charge in [0.1, 0.15) is 5.82 Å². The molecule has 0 aromatic heterocycles. The maximum atomic E-state index is 13.1. The number of carbonyl (C=O) groups excluding carboxylic acids is 1. The topological polar surface area (TPSA) is 49.6 Å². The lowest BCUT2D eigenvalue weighted by Gasteiger charge is -2.30. The number of carbonyl (C=O) groups is 1.